The number of amides is 1. The summed E-state index contributed by atoms with van der Waals surface area (Å²) in [4.78, 5) is 46.1. The number of carbonyl (C=O) groups excluding carboxylic acids is 3. The molecular formula is C34H46N2O4. The molecule has 5 aliphatic carbocycles. The molecular weight excluding hydrogens is 500 g/mol. The molecule has 6 nitrogen and oxygen atoms in total. The Balaban J connectivity index is 1.49. The molecule has 0 radical (unpaired) electrons. The van der Waals surface area contributed by atoms with Crippen molar-refractivity contribution in [3.63, 3.8) is 0 Å². The molecule has 6 aliphatic rings. The molecule has 1 aliphatic heterocycles. The molecule has 216 valence electrons. The zero-order chi connectivity index (χ0) is 29.0. The summed E-state index contributed by atoms with van der Waals surface area (Å²) in [5.74, 6) is 1.23. The van der Waals surface area contributed by atoms with Crippen LogP contribution in [0.1, 0.15) is 87.0 Å². The Kier molecular flexibility index (Phi) is 5.93. The fourth-order valence-corrected chi connectivity index (χ4v) is 11.2. The topological polar surface area (TPSA) is 68.0 Å². The van der Waals surface area contributed by atoms with Gasteiger partial charge in [0.25, 0.3) is 0 Å². The van der Waals surface area contributed by atoms with Crippen LogP contribution in [0.25, 0.3) is 4.85 Å². The molecule has 1 amide bonds. The maximum atomic E-state index is 14.6. The predicted molar refractivity (Wildman–Crippen MR) is 153 cm³/mol. The van der Waals surface area contributed by atoms with Crippen LogP contribution in [0, 0.1) is 63.2 Å². The Morgan fingerprint density at radius 2 is 1.75 bits per heavy atom. The monoisotopic (exact) mass is 546 g/mol. The van der Waals surface area contributed by atoms with Crippen LogP contribution < -0.4 is 0 Å². The molecule has 0 spiro atoms. The Bertz CT molecular complexity index is 1290. The molecule has 0 bridgehead atoms. The van der Waals surface area contributed by atoms with Crippen LogP contribution >= 0.6 is 0 Å². The van der Waals surface area contributed by atoms with Gasteiger partial charge >= 0.3 is 6.09 Å². The second-order valence-electron chi connectivity index (χ2n) is 15.6. The van der Waals surface area contributed by atoms with Gasteiger partial charge in [-0.15, -0.1) is 0 Å². The van der Waals surface area contributed by atoms with Gasteiger partial charge in [0, 0.05) is 23.3 Å². The maximum absolute atomic E-state index is 14.6. The molecule has 0 aromatic heterocycles. The largest absolute Gasteiger partial charge is 0.448 e. The lowest BCUT2D eigenvalue weighted by Gasteiger charge is -2.70. The minimum atomic E-state index is -0.647. The number of allylic oxidation sites excluding steroid dienone is 4. The van der Waals surface area contributed by atoms with E-state index in [0.29, 0.717) is 31.5 Å². The lowest BCUT2D eigenvalue weighted by Crippen LogP contribution is -2.66. The Morgan fingerprint density at radius 3 is 2.40 bits per heavy atom. The first-order valence-electron chi connectivity index (χ1n) is 15.5. The number of hydrogen-bond acceptors (Lipinski definition) is 4. The van der Waals surface area contributed by atoms with E-state index in [1.807, 2.05) is 30.9 Å². The van der Waals surface area contributed by atoms with Crippen LogP contribution in [-0.2, 0) is 14.3 Å². The fraction of sp³-hybridized carbons (Fsp3) is 0.765. The second kappa shape index (κ2) is 8.55. The number of cyclic esters (lactones) is 1. The van der Waals surface area contributed by atoms with E-state index in [2.05, 4.69) is 39.5 Å². The number of nitrogens with zero attached hydrogens (tertiary/aromatic N) is 2. The summed E-state index contributed by atoms with van der Waals surface area (Å²) < 4.78 is 5.33. The highest BCUT2D eigenvalue weighted by Gasteiger charge is 2.70. The lowest BCUT2D eigenvalue weighted by atomic mass is 9.34. The molecule has 6 rings (SSSR count). The highest BCUT2D eigenvalue weighted by atomic mass is 16.6. The maximum Gasteiger partial charge on any atom is 0.409 e. The van der Waals surface area contributed by atoms with E-state index >= 15 is 0 Å². The third-order valence-corrected chi connectivity index (χ3v) is 13.7. The number of hydrogen-bond donors (Lipinski definition) is 0. The van der Waals surface area contributed by atoms with E-state index in [4.69, 9.17) is 11.3 Å². The fourth-order valence-electron chi connectivity index (χ4n) is 11.2. The van der Waals surface area contributed by atoms with Crippen molar-refractivity contribution < 1.29 is 19.1 Å². The van der Waals surface area contributed by atoms with E-state index in [1.54, 1.807) is 0 Å². The number of fused-ring (bicyclic) bond motifs is 7. The van der Waals surface area contributed by atoms with Crippen molar-refractivity contribution in [1.82, 2.24) is 4.90 Å². The number of ether oxygens (including phenoxy) is 1. The lowest BCUT2D eigenvalue weighted by molar-refractivity contribution is -0.178. The van der Waals surface area contributed by atoms with Crippen molar-refractivity contribution >= 4 is 17.7 Å². The third-order valence-electron chi connectivity index (χ3n) is 13.7. The van der Waals surface area contributed by atoms with Gasteiger partial charge in [-0.25, -0.2) is 9.64 Å². The minimum Gasteiger partial charge on any atom is -0.448 e. The van der Waals surface area contributed by atoms with Gasteiger partial charge in [-0.2, -0.15) is 0 Å². The molecule has 0 N–H and O–H groups in total. The summed E-state index contributed by atoms with van der Waals surface area (Å²) in [6.45, 7) is 25.2. The van der Waals surface area contributed by atoms with Crippen LogP contribution in [0.5, 0.6) is 0 Å². The molecule has 1 heterocycles. The number of carbonyl (C=O) groups is 3. The summed E-state index contributed by atoms with van der Waals surface area (Å²) >= 11 is 0. The van der Waals surface area contributed by atoms with Crippen LogP contribution in [-0.4, -0.2) is 42.3 Å². The quantitative estimate of drug-likeness (QED) is 0.355. The smallest absolute Gasteiger partial charge is 0.409 e. The van der Waals surface area contributed by atoms with Gasteiger partial charge < -0.3 is 14.4 Å². The third kappa shape index (κ3) is 3.30. The van der Waals surface area contributed by atoms with Crippen molar-refractivity contribution in [1.29, 1.82) is 0 Å². The van der Waals surface area contributed by atoms with Gasteiger partial charge in [0.15, 0.2) is 11.6 Å². The SMILES string of the molecule is [C-]#[N+]C1=C[C@]2(C)C3=CC(=O)[C@@H]4[C@@H]5[C@@H](C)[C@H](C)CC[C@]5(CN5CCOC5=O)CC[C@@]4(C)[C@]3(C)CC[C@H]2C(C)(C)C1=O. The van der Waals surface area contributed by atoms with Crippen molar-refractivity contribution in [2.24, 2.45) is 56.7 Å². The summed E-state index contributed by atoms with van der Waals surface area (Å²) in [7, 11) is 0. The molecule has 9 atom stereocenters. The second-order valence-corrected chi connectivity index (χ2v) is 15.6. The van der Waals surface area contributed by atoms with E-state index in [0.717, 1.165) is 44.1 Å². The standard InChI is InChI=1S/C34H46N2O4/c1-20-9-12-34(19-36-15-16-40-29(36)39)14-13-33(7)27(26(34)21(20)2)23(37)17-25-31(5)18-22(35-8)28(38)30(3,4)24(31)10-11-32(25,33)6/h17-18,20-21,24,26-27H,9-16,19H2,1-7H3/t20-,21+,24+,26+,27-,31+,32-,33-,34-/m1/s1. The highest BCUT2D eigenvalue weighted by molar-refractivity contribution is 6.03. The summed E-state index contributed by atoms with van der Waals surface area (Å²) in [6, 6.07) is 0. The molecule has 6 heteroatoms. The number of Topliss-reactive ketones (excluding diaryl/α,β-unsaturated/α-hetero) is 1. The van der Waals surface area contributed by atoms with Gasteiger partial charge in [0.1, 0.15) is 6.61 Å². The number of rotatable bonds is 2. The average molecular weight is 547 g/mol. The minimum absolute atomic E-state index is 0.0581. The molecule has 4 fully saturated rings. The first kappa shape index (κ1) is 27.7. The van der Waals surface area contributed by atoms with E-state index < -0.39 is 10.8 Å². The van der Waals surface area contributed by atoms with E-state index in [9.17, 15) is 14.4 Å². The number of ketones is 2. The Morgan fingerprint density at radius 1 is 1.02 bits per heavy atom. The van der Waals surface area contributed by atoms with Crippen LogP contribution in [0.2, 0.25) is 0 Å². The Labute approximate surface area is 239 Å². The van der Waals surface area contributed by atoms with Gasteiger partial charge in [0.05, 0.1) is 13.1 Å². The zero-order valence-corrected chi connectivity index (χ0v) is 25.4. The normalized spacial score (nSPS) is 47.6. The van der Waals surface area contributed by atoms with Crippen molar-refractivity contribution in [2.45, 2.75) is 87.0 Å². The average Bonchev–Trinajstić information content (AvgIpc) is 3.30. The summed E-state index contributed by atoms with van der Waals surface area (Å²) in [5.41, 5.74) is -0.300. The van der Waals surface area contributed by atoms with Crippen LogP contribution in [0.15, 0.2) is 23.4 Å². The van der Waals surface area contributed by atoms with Gasteiger partial charge in [-0.1, -0.05) is 60.1 Å². The van der Waals surface area contributed by atoms with E-state index in [-0.39, 0.29) is 57.4 Å². The predicted octanol–water partition coefficient (Wildman–Crippen LogP) is 6.87. The molecule has 0 unspecified atom stereocenters. The van der Waals surface area contributed by atoms with Gasteiger partial charge in [-0.3, -0.25) is 4.79 Å². The van der Waals surface area contributed by atoms with Crippen molar-refractivity contribution in [3.05, 3.63) is 34.8 Å². The molecule has 0 aromatic carbocycles. The first-order valence-corrected chi connectivity index (χ1v) is 15.5. The molecule has 0 aromatic rings. The molecule has 40 heavy (non-hydrogen) atoms. The van der Waals surface area contributed by atoms with Crippen LogP contribution in [0.3, 0.4) is 0 Å². The van der Waals surface area contributed by atoms with Gasteiger partial charge in [-0.05, 0) is 84.5 Å². The first-order chi connectivity index (χ1) is 18.7. The summed E-state index contributed by atoms with van der Waals surface area (Å²) in [6.07, 6.45) is 9.68. The molecule has 3 saturated carbocycles. The van der Waals surface area contributed by atoms with Gasteiger partial charge in [0.2, 0.25) is 5.70 Å². The van der Waals surface area contributed by atoms with E-state index in [1.165, 1.54) is 0 Å². The summed E-state index contributed by atoms with van der Waals surface area (Å²) in [5, 5.41) is 0. The zero-order valence-electron chi connectivity index (χ0n) is 25.4. The molecule has 1 saturated heterocycles. The highest BCUT2D eigenvalue weighted by Crippen LogP contribution is 2.74. The Hall–Kier alpha value is -2.42. The van der Waals surface area contributed by atoms with Crippen LogP contribution in [0.4, 0.5) is 4.79 Å². The van der Waals surface area contributed by atoms with Crippen molar-refractivity contribution in [3.8, 4) is 0 Å². The van der Waals surface area contributed by atoms with Crippen molar-refractivity contribution in [2.75, 3.05) is 19.7 Å².